The number of aliphatic hydroxyl groups excluding tert-OH is 1. The lowest BCUT2D eigenvalue weighted by Crippen LogP contribution is -2.46. The van der Waals surface area contributed by atoms with Gasteiger partial charge in [0.25, 0.3) is 0 Å². The van der Waals surface area contributed by atoms with Gasteiger partial charge in [-0.25, -0.2) is 23.9 Å². The first kappa shape index (κ1) is 27.6. The van der Waals surface area contributed by atoms with Crippen molar-refractivity contribution in [3.8, 4) is 5.75 Å². The number of anilines is 1. The highest BCUT2D eigenvalue weighted by Gasteiger charge is 2.49. The van der Waals surface area contributed by atoms with E-state index in [1.54, 1.807) is 48.7 Å². The lowest BCUT2D eigenvalue weighted by molar-refractivity contribution is -0.149. The SMILES string of the molecule is CC(C)OC(=O)[C@H](C)NP(=O)(OC[C@@H]1/C(=C/F)[C@H](n2cnc3c(N)ncnc32)[C@H]1CO)Oc1ccccc1. The van der Waals surface area contributed by atoms with E-state index in [0.717, 1.165) is 0 Å². The number of esters is 1. The van der Waals surface area contributed by atoms with Gasteiger partial charge in [-0.3, -0.25) is 9.32 Å². The Kier molecular flexibility index (Phi) is 8.41. The first-order valence-electron chi connectivity index (χ1n) is 12.0. The van der Waals surface area contributed by atoms with Crippen molar-refractivity contribution in [1.29, 1.82) is 0 Å². The molecule has 0 bridgehead atoms. The Hall–Kier alpha value is -3.38. The summed E-state index contributed by atoms with van der Waals surface area (Å²) in [4.78, 5) is 24.7. The van der Waals surface area contributed by atoms with E-state index in [1.807, 2.05) is 0 Å². The number of nitrogen functional groups attached to an aromatic ring is 1. The minimum absolute atomic E-state index is 0.175. The average molecular weight is 549 g/mol. The van der Waals surface area contributed by atoms with Crippen LogP contribution in [0.5, 0.6) is 5.75 Å². The Bertz CT molecular complexity index is 1350. The van der Waals surface area contributed by atoms with Crippen molar-refractivity contribution in [2.75, 3.05) is 18.9 Å². The molecule has 38 heavy (non-hydrogen) atoms. The molecule has 2 heterocycles. The van der Waals surface area contributed by atoms with E-state index in [-0.39, 0.29) is 36.5 Å². The Balaban J connectivity index is 1.54. The molecule has 1 unspecified atom stereocenters. The topological polar surface area (TPSA) is 164 Å². The molecule has 204 valence electrons. The number of para-hydroxylation sites is 1. The largest absolute Gasteiger partial charge is 0.462 e. The highest BCUT2D eigenvalue weighted by molar-refractivity contribution is 7.52. The van der Waals surface area contributed by atoms with Crippen LogP contribution in [0, 0.1) is 11.8 Å². The van der Waals surface area contributed by atoms with Crippen LogP contribution in [0.3, 0.4) is 0 Å². The lowest BCUT2D eigenvalue weighted by Gasteiger charge is -2.46. The molecule has 4 N–H and O–H groups in total. The molecule has 14 heteroatoms. The summed E-state index contributed by atoms with van der Waals surface area (Å²) in [5.41, 5.74) is 6.89. The van der Waals surface area contributed by atoms with E-state index < -0.39 is 37.6 Å². The third kappa shape index (κ3) is 5.70. The molecule has 1 saturated carbocycles. The number of imidazole rings is 1. The number of aliphatic hydroxyl groups is 1. The van der Waals surface area contributed by atoms with Crippen LogP contribution in [0.1, 0.15) is 26.8 Å². The summed E-state index contributed by atoms with van der Waals surface area (Å²) in [6.07, 6.45) is 2.78. The summed E-state index contributed by atoms with van der Waals surface area (Å²) in [6, 6.07) is 6.62. The Morgan fingerprint density at radius 2 is 2.00 bits per heavy atom. The van der Waals surface area contributed by atoms with Crippen LogP contribution in [0.15, 0.2) is 54.9 Å². The van der Waals surface area contributed by atoms with Gasteiger partial charge in [0.1, 0.15) is 23.6 Å². The van der Waals surface area contributed by atoms with Crippen molar-refractivity contribution < 1.29 is 32.6 Å². The van der Waals surface area contributed by atoms with E-state index >= 15 is 0 Å². The van der Waals surface area contributed by atoms with Gasteiger partial charge in [-0.15, -0.1) is 0 Å². The molecular formula is C24H30FN6O6P. The molecule has 1 aliphatic rings. The minimum Gasteiger partial charge on any atom is -0.462 e. The molecule has 12 nitrogen and oxygen atoms in total. The molecule has 0 spiro atoms. The van der Waals surface area contributed by atoms with Crippen LogP contribution < -0.4 is 15.3 Å². The summed E-state index contributed by atoms with van der Waals surface area (Å²) in [6.45, 7) is 4.25. The quantitative estimate of drug-likeness (QED) is 0.238. The van der Waals surface area contributed by atoms with E-state index in [9.17, 15) is 18.9 Å². The molecule has 0 amide bonds. The molecule has 1 aliphatic carbocycles. The predicted octanol–water partition coefficient (Wildman–Crippen LogP) is 3.17. The average Bonchev–Trinajstić information content (AvgIpc) is 3.28. The third-order valence-electron chi connectivity index (χ3n) is 6.17. The Morgan fingerprint density at radius 3 is 2.66 bits per heavy atom. The third-order valence-corrected chi connectivity index (χ3v) is 7.81. The summed E-state index contributed by atoms with van der Waals surface area (Å²) in [5.74, 6) is -1.41. The molecule has 0 saturated heterocycles. The number of nitrogens with one attached hydrogen (secondary N) is 1. The second kappa shape index (κ2) is 11.6. The number of halogens is 1. The number of ether oxygens (including phenoxy) is 1. The molecular weight excluding hydrogens is 518 g/mol. The van der Waals surface area contributed by atoms with Gasteiger partial charge < -0.3 is 24.7 Å². The van der Waals surface area contributed by atoms with Gasteiger partial charge in [0.2, 0.25) is 0 Å². The van der Waals surface area contributed by atoms with Crippen LogP contribution in [-0.2, 0) is 18.6 Å². The summed E-state index contributed by atoms with van der Waals surface area (Å²) < 4.78 is 46.1. The van der Waals surface area contributed by atoms with Gasteiger partial charge >= 0.3 is 13.7 Å². The Morgan fingerprint density at radius 1 is 1.26 bits per heavy atom. The van der Waals surface area contributed by atoms with Crippen molar-refractivity contribution in [2.45, 2.75) is 39.0 Å². The number of hydrogen-bond acceptors (Lipinski definition) is 10. The molecule has 1 aromatic carbocycles. The van der Waals surface area contributed by atoms with Gasteiger partial charge in [-0.2, -0.15) is 5.09 Å². The number of rotatable bonds is 11. The normalized spacial score (nSPS) is 22.7. The van der Waals surface area contributed by atoms with Crippen LogP contribution in [0.2, 0.25) is 0 Å². The number of nitrogens with zero attached hydrogens (tertiary/aromatic N) is 4. The first-order valence-corrected chi connectivity index (χ1v) is 13.5. The van der Waals surface area contributed by atoms with Gasteiger partial charge in [0.05, 0.1) is 31.4 Å². The standard InChI is InChI=1S/C24H30FN6O6P/c1-14(2)36-24(33)15(3)30-38(34,37-16-7-5-4-6-8-16)35-11-19-17(9-25)21(18(19)10-32)31-13-29-20-22(26)27-12-28-23(20)31/h4-9,12-15,18-19,21,32H,10-11H2,1-3H3,(H,30,34)(H2,26,27,28)/b17-9-/t15-,18-,19+,21-,38?/m0/s1. The maximum absolute atomic E-state index is 14.2. The number of fused-ring (bicyclic) bond motifs is 1. The van der Waals surface area contributed by atoms with Crippen molar-refractivity contribution in [2.24, 2.45) is 11.8 Å². The van der Waals surface area contributed by atoms with Crippen molar-refractivity contribution in [3.05, 3.63) is 54.9 Å². The maximum atomic E-state index is 14.2. The highest BCUT2D eigenvalue weighted by Crippen LogP contribution is 2.53. The summed E-state index contributed by atoms with van der Waals surface area (Å²) >= 11 is 0. The first-order chi connectivity index (χ1) is 18.2. The second-order valence-electron chi connectivity index (χ2n) is 9.12. The number of carbonyl (C=O) groups excluding carboxylic acids is 1. The van der Waals surface area contributed by atoms with Gasteiger partial charge in [0.15, 0.2) is 11.5 Å². The maximum Gasteiger partial charge on any atom is 0.459 e. The van der Waals surface area contributed by atoms with Crippen LogP contribution in [0.25, 0.3) is 11.2 Å². The summed E-state index contributed by atoms with van der Waals surface area (Å²) in [5, 5.41) is 12.8. The zero-order valence-corrected chi connectivity index (χ0v) is 22.0. The fraction of sp³-hybridized carbons (Fsp3) is 0.417. The van der Waals surface area contributed by atoms with Gasteiger partial charge in [-0.1, -0.05) is 18.2 Å². The van der Waals surface area contributed by atoms with Crippen LogP contribution >= 0.6 is 7.75 Å². The minimum atomic E-state index is -4.17. The number of benzene rings is 1. The van der Waals surface area contributed by atoms with Crippen molar-refractivity contribution >= 4 is 30.7 Å². The molecule has 3 aromatic rings. The number of carbonyl (C=O) groups is 1. The van der Waals surface area contributed by atoms with Gasteiger partial charge in [0, 0.05) is 18.4 Å². The smallest absolute Gasteiger partial charge is 0.459 e. The summed E-state index contributed by atoms with van der Waals surface area (Å²) in [7, 11) is -4.17. The monoisotopic (exact) mass is 548 g/mol. The fourth-order valence-corrected chi connectivity index (χ4v) is 5.88. The van der Waals surface area contributed by atoms with E-state index in [4.69, 9.17) is 19.5 Å². The molecule has 5 atom stereocenters. The van der Waals surface area contributed by atoms with Crippen molar-refractivity contribution in [1.82, 2.24) is 24.6 Å². The van der Waals surface area contributed by atoms with E-state index in [1.165, 1.54) is 19.6 Å². The zero-order valence-electron chi connectivity index (χ0n) is 21.1. The highest BCUT2D eigenvalue weighted by atomic mass is 31.2. The van der Waals surface area contributed by atoms with Crippen LogP contribution in [0.4, 0.5) is 10.2 Å². The number of nitrogens with two attached hydrogens (primary N) is 1. The number of aromatic nitrogens is 4. The van der Waals surface area contributed by atoms with Crippen LogP contribution in [-0.4, -0.2) is 56.0 Å². The lowest BCUT2D eigenvalue weighted by atomic mass is 9.66. The predicted molar refractivity (Wildman–Crippen MR) is 136 cm³/mol. The molecule has 1 fully saturated rings. The number of hydrogen-bond donors (Lipinski definition) is 3. The van der Waals surface area contributed by atoms with E-state index in [0.29, 0.717) is 17.5 Å². The fourth-order valence-electron chi connectivity index (χ4n) is 4.36. The van der Waals surface area contributed by atoms with Crippen molar-refractivity contribution in [3.63, 3.8) is 0 Å². The zero-order chi connectivity index (χ0) is 27.4. The Labute approximate surface area is 218 Å². The second-order valence-corrected chi connectivity index (χ2v) is 10.8. The molecule has 0 radical (unpaired) electrons. The van der Waals surface area contributed by atoms with Gasteiger partial charge in [-0.05, 0) is 38.5 Å². The molecule has 2 aromatic heterocycles. The molecule has 0 aliphatic heterocycles. The molecule has 4 rings (SSSR count). The van der Waals surface area contributed by atoms with E-state index in [2.05, 4.69) is 20.0 Å².